The number of carbonyl (C=O) groups excluding carboxylic acids is 1. The molecule has 3 rings (SSSR count). The van der Waals surface area contributed by atoms with Gasteiger partial charge in [-0.1, -0.05) is 40.9 Å². The van der Waals surface area contributed by atoms with Crippen LogP contribution in [0.3, 0.4) is 0 Å². The highest BCUT2D eigenvalue weighted by atomic mass is 35.5. The number of halogens is 2. The number of carbonyl (C=O) groups is 1. The summed E-state index contributed by atoms with van der Waals surface area (Å²) in [6, 6.07) is 13.8. The van der Waals surface area contributed by atoms with Crippen LogP contribution >= 0.6 is 23.2 Å². The van der Waals surface area contributed by atoms with Crippen molar-refractivity contribution in [1.29, 1.82) is 0 Å². The predicted molar refractivity (Wildman–Crippen MR) is 139 cm³/mol. The molecule has 0 spiro atoms. The number of aryl methyl sites for hydroxylation is 1. The molecule has 36 heavy (non-hydrogen) atoms. The molecule has 0 unspecified atom stereocenters. The average Bonchev–Trinajstić information content (AvgIpc) is 2.83. The summed E-state index contributed by atoms with van der Waals surface area (Å²) in [7, 11) is -4.14. The molecular weight excluding hydrogens is 527 g/mol. The Kier molecular flexibility index (Phi) is 9.19. The summed E-state index contributed by atoms with van der Waals surface area (Å²) < 4.78 is 41.4. The first kappa shape index (κ1) is 27.3. The zero-order valence-electron chi connectivity index (χ0n) is 19.7. The Balaban J connectivity index is 1.72. The fourth-order valence-electron chi connectivity index (χ4n) is 3.02. The lowest BCUT2D eigenvalue weighted by atomic mass is 10.2. The van der Waals surface area contributed by atoms with Gasteiger partial charge < -0.3 is 13.7 Å². The van der Waals surface area contributed by atoms with Gasteiger partial charge in [0.25, 0.3) is 5.91 Å². The van der Waals surface area contributed by atoms with E-state index in [0.717, 1.165) is 5.56 Å². The second-order valence-electron chi connectivity index (χ2n) is 7.39. The van der Waals surface area contributed by atoms with Crippen LogP contribution in [0.1, 0.15) is 35.3 Å². The zero-order chi connectivity index (χ0) is 26.3. The molecule has 3 aromatic carbocycles. The van der Waals surface area contributed by atoms with E-state index in [9.17, 15) is 13.2 Å². The minimum atomic E-state index is -4.14. The number of hydrogen-bond acceptors (Lipinski definition) is 7. The molecule has 0 aliphatic carbocycles. The monoisotopic (exact) mass is 550 g/mol. The van der Waals surface area contributed by atoms with E-state index in [2.05, 4.69) is 10.5 Å². The summed E-state index contributed by atoms with van der Waals surface area (Å²) in [5, 5.41) is 3.84. The predicted octanol–water partition coefficient (Wildman–Crippen LogP) is 5.63. The van der Waals surface area contributed by atoms with Crippen molar-refractivity contribution in [3.63, 3.8) is 0 Å². The third-order valence-corrected chi connectivity index (χ3v) is 6.51. The van der Waals surface area contributed by atoms with Crippen LogP contribution in [0.4, 0.5) is 0 Å². The number of amides is 1. The molecule has 190 valence electrons. The molecule has 0 aliphatic heterocycles. The molecule has 0 atom stereocenters. The van der Waals surface area contributed by atoms with Crippen molar-refractivity contribution in [3.05, 3.63) is 81.3 Å². The molecule has 8 nitrogen and oxygen atoms in total. The van der Waals surface area contributed by atoms with Gasteiger partial charge in [0.05, 0.1) is 29.5 Å². The highest BCUT2D eigenvalue weighted by molar-refractivity contribution is 7.87. The van der Waals surface area contributed by atoms with Crippen molar-refractivity contribution in [3.8, 4) is 17.2 Å². The molecular formula is C25H24Cl2N2O6S. The van der Waals surface area contributed by atoms with Gasteiger partial charge in [0.15, 0.2) is 17.2 Å². The maximum absolute atomic E-state index is 12.6. The van der Waals surface area contributed by atoms with Crippen molar-refractivity contribution in [2.45, 2.75) is 25.7 Å². The first-order chi connectivity index (χ1) is 17.1. The van der Waals surface area contributed by atoms with E-state index in [1.165, 1.54) is 30.5 Å². The van der Waals surface area contributed by atoms with E-state index < -0.39 is 16.0 Å². The molecule has 1 N–H and O–H groups in total. The van der Waals surface area contributed by atoms with Crippen molar-refractivity contribution in [2.75, 3.05) is 13.2 Å². The van der Waals surface area contributed by atoms with Gasteiger partial charge in [-0.15, -0.1) is 0 Å². The topological polar surface area (TPSA) is 103 Å². The van der Waals surface area contributed by atoms with E-state index in [0.29, 0.717) is 35.8 Å². The van der Waals surface area contributed by atoms with Gasteiger partial charge in [0.1, 0.15) is 4.90 Å². The van der Waals surface area contributed by atoms with Gasteiger partial charge in [-0.3, -0.25) is 4.79 Å². The van der Waals surface area contributed by atoms with Crippen LogP contribution in [0.15, 0.2) is 64.6 Å². The Bertz CT molecular complexity index is 1350. The van der Waals surface area contributed by atoms with Crippen molar-refractivity contribution < 1.29 is 26.9 Å². The van der Waals surface area contributed by atoms with Gasteiger partial charge in [-0.2, -0.15) is 13.5 Å². The maximum atomic E-state index is 12.6. The van der Waals surface area contributed by atoms with E-state index in [1.54, 1.807) is 30.3 Å². The van der Waals surface area contributed by atoms with E-state index >= 15 is 0 Å². The number of rotatable bonds is 10. The van der Waals surface area contributed by atoms with Crippen LogP contribution in [0, 0.1) is 6.92 Å². The van der Waals surface area contributed by atoms with Crippen molar-refractivity contribution in [1.82, 2.24) is 5.43 Å². The second-order valence-corrected chi connectivity index (χ2v) is 9.75. The molecule has 0 aliphatic rings. The van der Waals surface area contributed by atoms with Crippen LogP contribution in [-0.4, -0.2) is 33.8 Å². The Hall–Kier alpha value is -3.27. The van der Waals surface area contributed by atoms with Crippen LogP contribution in [-0.2, 0) is 10.1 Å². The highest BCUT2D eigenvalue weighted by Gasteiger charge is 2.21. The summed E-state index contributed by atoms with van der Waals surface area (Å²) in [6.07, 6.45) is 1.31. The summed E-state index contributed by atoms with van der Waals surface area (Å²) >= 11 is 12.5. The maximum Gasteiger partial charge on any atom is 0.339 e. The van der Waals surface area contributed by atoms with Crippen LogP contribution in [0.25, 0.3) is 0 Å². The molecule has 0 bridgehead atoms. The van der Waals surface area contributed by atoms with Gasteiger partial charge in [-0.05, 0) is 68.8 Å². The number of hydrogen-bond donors (Lipinski definition) is 1. The molecule has 0 radical (unpaired) electrons. The Labute approximate surface area is 219 Å². The lowest BCUT2D eigenvalue weighted by molar-refractivity contribution is 0.0954. The summed E-state index contributed by atoms with van der Waals surface area (Å²) in [4.78, 5) is 12.5. The Morgan fingerprint density at radius 2 is 1.56 bits per heavy atom. The second kappa shape index (κ2) is 12.1. The lowest BCUT2D eigenvalue weighted by Gasteiger charge is -2.12. The van der Waals surface area contributed by atoms with Crippen LogP contribution in [0.5, 0.6) is 17.2 Å². The molecule has 0 heterocycles. The van der Waals surface area contributed by atoms with Gasteiger partial charge in [-0.25, -0.2) is 5.43 Å². The molecule has 0 aromatic heterocycles. The SMILES string of the molecule is CCOc1ccc(C(=O)N/N=C/c2cc(Cl)c(OS(=O)(=O)c3ccc(C)cc3)c(Cl)c2)cc1OCC. The fourth-order valence-corrected chi connectivity index (χ4v) is 4.66. The average molecular weight is 551 g/mol. The first-order valence-corrected chi connectivity index (χ1v) is 13.0. The van der Waals surface area contributed by atoms with Crippen molar-refractivity contribution >= 4 is 45.4 Å². The van der Waals surface area contributed by atoms with Gasteiger partial charge >= 0.3 is 10.1 Å². The zero-order valence-corrected chi connectivity index (χ0v) is 22.1. The largest absolute Gasteiger partial charge is 0.490 e. The number of ether oxygens (including phenoxy) is 2. The lowest BCUT2D eigenvalue weighted by Crippen LogP contribution is -2.17. The quantitative estimate of drug-likeness (QED) is 0.199. The van der Waals surface area contributed by atoms with Crippen LogP contribution in [0.2, 0.25) is 10.0 Å². The molecule has 0 saturated heterocycles. The minimum absolute atomic E-state index is 0.0321. The third-order valence-electron chi connectivity index (χ3n) is 4.71. The summed E-state index contributed by atoms with van der Waals surface area (Å²) in [5.41, 5.74) is 4.04. The van der Waals surface area contributed by atoms with E-state index in [1.807, 2.05) is 20.8 Å². The van der Waals surface area contributed by atoms with Gasteiger partial charge in [0, 0.05) is 5.56 Å². The first-order valence-electron chi connectivity index (χ1n) is 10.9. The van der Waals surface area contributed by atoms with E-state index in [-0.39, 0.29) is 20.7 Å². The molecule has 0 fully saturated rings. The number of nitrogens with one attached hydrogen (secondary N) is 1. The summed E-state index contributed by atoms with van der Waals surface area (Å²) in [5.74, 6) is 0.302. The Morgan fingerprint density at radius 1 is 0.944 bits per heavy atom. The molecule has 0 saturated carbocycles. The number of hydrazone groups is 1. The molecule has 1 amide bonds. The highest BCUT2D eigenvalue weighted by Crippen LogP contribution is 2.36. The smallest absolute Gasteiger partial charge is 0.339 e. The number of benzene rings is 3. The van der Waals surface area contributed by atoms with Gasteiger partial charge in [0.2, 0.25) is 0 Å². The minimum Gasteiger partial charge on any atom is -0.490 e. The van der Waals surface area contributed by atoms with Crippen molar-refractivity contribution in [2.24, 2.45) is 5.10 Å². The summed E-state index contributed by atoms with van der Waals surface area (Å²) in [6.45, 7) is 6.39. The fraction of sp³-hybridized carbons (Fsp3) is 0.200. The Morgan fingerprint density at radius 3 is 2.17 bits per heavy atom. The number of nitrogens with zero attached hydrogens (tertiary/aromatic N) is 1. The molecule has 11 heteroatoms. The normalized spacial score (nSPS) is 11.4. The van der Waals surface area contributed by atoms with Crippen LogP contribution < -0.4 is 19.1 Å². The standard InChI is InChI=1S/C25H24Cl2N2O6S/c1-4-33-22-11-8-18(14-23(22)34-5-2)25(30)29-28-15-17-12-20(26)24(21(27)13-17)35-36(31,32)19-9-6-16(3)7-10-19/h6-15H,4-5H2,1-3H3,(H,29,30)/b28-15+. The van der Waals surface area contributed by atoms with E-state index in [4.69, 9.17) is 36.9 Å². The molecule has 3 aromatic rings. The third kappa shape index (κ3) is 6.90.